The fraction of sp³-hybridized carbons (Fsp3) is 0.154. The minimum atomic E-state index is -0.331. The second kappa shape index (κ2) is 5.73. The molecule has 0 saturated carbocycles. The van der Waals surface area contributed by atoms with Crippen molar-refractivity contribution in [2.75, 3.05) is 12.8 Å². The summed E-state index contributed by atoms with van der Waals surface area (Å²) in [5, 5.41) is 0.708. The molecule has 0 unspecified atom stereocenters. The lowest BCUT2D eigenvalue weighted by atomic mass is 10.2. The number of hydrogen-bond donors (Lipinski definition) is 1. The molecule has 0 saturated heterocycles. The zero-order valence-electron chi connectivity index (χ0n) is 9.89. The summed E-state index contributed by atoms with van der Waals surface area (Å²) in [6.07, 6.45) is 1.67. The van der Waals surface area contributed by atoms with Crippen LogP contribution in [0.15, 0.2) is 41.6 Å². The summed E-state index contributed by atoms with van der Waals surface area (Å²) in [6, 6.07) is 8.63. The van der Waals surface area contributed by atoms with Crippen molar-refractivity contribution in [3.8, 4) is 5.75 Å². The molecule has 0 aliphatic heterocycles. The summed E-state index contributed by atoms with van der Waals surface area (Å²) in [5.74, 6) is 0.383. The van der Waals surface area contributed by atoms with Gasteiger partial charge in [-0.05, 0) is 18.2 Å². The number of thioether (sulfide) groups is 1. The van der Waals surface area contributed by atoms with E-state index in [0.29, 0.717) is 22.0 Å². The third-order valence-corrected chi connectivity index (χ3v) is 3.50. The molecular formula is C13H13FN2OS. The van der Waals surface area contributed by atoms with Crippen LogP contribution in [0.5, 0.6) is 5.75 Å². The fourth-order valence-corrected chi connectivity index (χ4v) is 2.38. The van der Waals surface area contributed by atoms with E-state index in [-0.39, 0.29) is 11.6 Å². The number of benzene rings is 1. The molecule has 0 radical (unpaired) electrons. The molecule has 3 nitrogen and oxygen atoms in total. The molecule has 0 fully saturated rings. The van der Waals surface area contributed by atoms with Gasteiger partial charge < -0.3 is 10.5 Å². The molecule has 1 heterocycles. The third kappa shape index (κ3) is 2.73. The lowest BCUT2D eigenvalue weighted by Crippen LogP contribution is -1.95. The first-order chi connectivity index (χ1) is 8.72. The smallest absolute Gasteiger partial charge is 0.169 e. The van der Waals surface area contributed by atoms with Crippen molar-refractivity contribution in [3.63, 3.8) is 0 Å². The van der Waals surface area contributed by atoms with E-state index in [9.17, 15) is 4.39 Å². The van der Waals surface area contributed by atoms with Gasteiger partial charge in [-0.2, -0.15) is 0 Å². The Bertz CT molecular complexity index is 548. The molecule has 0 aliphatic carbocycles. The Kier molecular flexibility index (Phi) is 4.04. The van der Waals surface area contributed by atoms with Gasteiger partial charge in [0, 0.05) is 17.5 Å². The number of aromatic nitrogens is 1. The summed E-state index contributed by atoms with van der Waals surface area (Å²) >= 11 is 1.40. The summed E-state index contributed by atoms with van der Waals surface area (Å²) in [7, 11) is 1.45. The van der Waals surface area contributed by atoms with Crippen molar-refractivity contribution in [2.45, 2.75) is 10.8 Å². The van der Waals surface area contributed by atoms with E-state index in [4.69, 9.17) is 10.5 Å². The normalized spacial score (nSPS) is 10.3. The third-order valence-electron chi connectivity index (χ3n) is 2.43. The van der Waals surface area contributed by atoms with E-state index >= 15 is 0 Å². The molecule has 0 amide bonds. The van der Waals surface area contributed by atoms with E-state index in [1.165, 1.54) is 18.9 Å². The van der Waals surface area contributed by atoms with Gasteiger partial charge in [-0.25, -0.2) is 9.37 Å². The van der Waals surface area contributed by atoms with E-state index in [1.807, 2.05) is 0 Å². The molecular weight excluding hydrogens is 251 g/mol. The number of nitrogen functional groups attached to an aromatic ring is 1. The zero-order valence-corrected chi connectivity index (χ0v) is 10.7. The highest BCUT2D eigenvalue weighted by molar-refractivity contribution is 7.98. The number of ether oxygens (including phenoxy) is 1. The van der Waals surface area contributed by atoms with E-state index in [2.05, 4.69) is 4.98 Å². The Hall–Kier alpha value is -1.75. The molecule has 0 aliphatic rings. The number of methoxy groups -OCH3 is 1. The average molecular weight is 264 g/mol. The first-order valence-corrected chi connectivity index (χ1v) is 6.35. The largest absolute Gasteiger partial charge is 0.494 e. The number of pyridine rings is 1. The quantitative estimate of drug-likeness (QED) is 0.862. The van der Waals surface area contributed by atoms with Crippen LogP contribution in [0.1, 0.15) is 5.56 Å². The summed E-state index contributed by atoms with van der Waals surface area (Å²) < 4.78 is 18.8. The second-order valence-electron chi connectivity index (χ2n) is 3.62. The Labute approximate surface area is 109 Å². The molecule has 18 heavy (non-hydrogen) atoms. The van der Waals surface area contributed by atoms with Crippen LogP contribution in [0.3, 0.4) is 0 Å². The zero-order chi connectivity index (χ0) is 13.0. The number of hydrogen-bond acceptors (Lipinski definition) is 4. The van der Waals surface area contributed by atoms with Crippen molar-refractivity contribution in [1.82, 2.24) is 4.98 Å². The summed E-state index contributed by atoms with van der Waals surface area (Å²) in [5.41, 5.74) is 6.95. The van der Waals surface area contributed by atoms with Crippen LogP contribution in [-0.4, -0.2) is 12.1 Å². The van der Waals surface area contributed by atoms with Crippen molar-refractivity contribution >= 4 is 17.4 Å². The van der Waals surface area contributed by atoms with Gasteiger partial charge in [-0.3, -0.25) is 0 Å². The first kappa shape index (κ1) is 12.7. The monoisotopic (exact) mass is 264 g/mol. The molecule has 2 rings (SSSR count). The van der Waals surface area contributed by atoms with Crippen molar-refractivity contribution in [2.24, 2.45) is 0 Å². The van der Waals surface area contributed by atoms with Crippen LogP contribution in [0.4, 0.5) is 10.1 Å². The molecule has 2 N–H and O–H groups in total. The average Bonchev–Trinajstić information content (AvgIpc) is 2.39. The number of nitrogens with two attached hydrogens (primary N) is 1. The molecule has 0 spiro atoms. The maximum atomic E-state index is 13.9. The molecule has 1 aromatic carbocycles. The van der Waals surface area contributed by atoms with Crippen molar-refractivity contribution < 1.29 is 9.13 Å². The van der Waals surface area contributed by atoms with Crippen LogP contribution >= 0.6 is 11.8 Å². The number of nitrogens with zero attached hydrogens (tertiary/aromatic N) is 1. The van der Waals surface area contributed by atoms with Gasteiger partial charge in [0.2, 0.25) is 0 Å². The Morgan fingerprint density at radius 3 is 2.89 bits per heavy atom. The Morgan fingerprint density at radius 2 is 2.17 bits per heavy atom. The fourth-order valence-electron chi connectivity index (χ4n) is 1.50. The van der Waals surface area contributed by atoms with Gasteiger partial charge in [-0.1, -0.05) is 23.9 Å². The Balaban J connectivity index is 2.14. The topological polar surface area (TPSA) is 48.1 Å². The molecule has 1 aromatic heterocycles. The number of halogens is 1. The van der Waals surface area contributed by atoms with E-state index in [1.54, 1.807) is 36.5 Å². The maximum absolute atomic E-state index is 13.9. The first-order valence-electron chi connectivity index (χ1n) is 5.37. The molecule has 5 heteroatoms. The van der Waals surface area contributed by atoms with E-state index in [0.717, 1.165) is 0 Å². The van der Waals surface area contributed by atoms with Gasteiger partial charge in [0.15, 0.2) is 11.6 Å². The predicted molar refractivity (Wildman–Crippen MR) is 71.2 cm³/mol. The molecule has 94 valence electrons. The van der Waals surface area contributed by atoms with Crippen molar-refractivity contribution in [1.29, 1.82) is 0 Å². The minimum absolute atomic E-state index is 0.252. The number of anilines is 1. The minimum Gasteiger partial charge on any atom is -0.494 e. The standard InChI is InChI=1S/C13H13FN2OS/c1-17-11-6-2-4-9(12(11)14)8-18-13-10(15)5-3-7-16-13/h2-7H,8,15H2,1H3. The Morgan fingerprint density at radius 1 is 1.33 bits per heavy atom. The molecule has 2 aromatic rings. The summed E-state index contributed by atoms with van der Waals surface area (Å²) in [4.78, 5) is 4.15. The number of rotatable bonds is 4. The lowest BCUT2D eigenvalue weighted by molar-refractivity contribution is 0.385. The predicted octanol–water partition coefficient (Wildman–Crippen LogP) is 3.10. The second-order valence-corrected chi connectivity index (χ2v) is 4.58. The highest BCUT2D eigenvalue weighted by Crippen LogP contribution is 2.29. The van der Waals surface area contributed by atoms with Crippen LogP contribution < -0.4 is 10.5 Å². The van der Waals surface area contributed by atoms with Crippen molar-refractivity contribution in [3.05, 3.63) is 47.9 Å². The highest BCUT2D eigenvalue weighted by atomic mass is 32.2. The van der Waals surface area contributed by atoms with Gasteiger partial charge in [0.1, 0.15) is 5.03 Å². The summed E-state index contributed by atoms with van der Waals surface area (Å²) in [6.45, 7) is 0. The lowest BCUT2D eigenvalue weighted by Gasteiger charge is -2.07. The van der Waals surface area contributed by atoms with E-state index < -0.39 is 0 Å². The maximum Gasteiger partial charge on any atom is 0.169 e. The van der Waals surface area contributed by atoms with Crippen LogP contribution in [0.2, 0.25) is 0 Å². The van der Waals surface area contributed by atoms with Gasteiger partial charge in [0.25, 0.3) is 0 Å². The van der Waals surface area contributed by atoms with Gasteiger partial charge in [0.05, 0.1) is 12.8 Å². The van der Waals surface area contributed by atoms with Gasteiger partial charge in [-0.15, -0.1) is 0 Å². The van der Waals surface area contributed by atoms with Crippen LogP contribution in [0, 0.1) is 5.82 Å². The SMILES string of the molecule is COc1cccc(CSc2ncccc2N)c1F. The highest BCUT2D eigenvalue weighted by Gasteiger charge is 2.09. The molecule has 0 atom stereocenters. The van der Waals surface area contributed by atoms with Gasteiger partial charge >= 0.3 is 0 Å². The van der Waals surface area contributed by atoms with Crippen LogP contribution in [-0.2, 0) is 5.75 Å². The van der Waals surface area contributed by atoms with Crippen LogP contribution in [0.25, 0.3) is 0 Å². The molecule has 0 bridgehead atoms.